The molecule has 1 heterocycles. The van der Waals surface area contributed by atoms with E-state index in [1.165, 1.54) is 6.92 Å². The van der Waals surface area contributed by atoms with Crippen molar-refractivity contribution in [3.05, 3.63) is 54.1 Å². The molecule has 0 atom stereocenters. The van der Waals surface area contributed by atoms with E-state index >= 15 is 0 Å². The van der Waals surface area contributed by atoms with Gasteiger partial charge in [-0.25, -0.2) is 0 Å². The van der Waals surface area contributed by atoms with Gasteiger partial charge in [0.15, 0.2) is 0 Å². The van der Waals surface area contributed by atoms with Crippen molar-refractivity contribution >= 4 is 34.8 Å². The van der Waals surface area contributed by atoms with Gasteiger partial charge >= 0.3 is 0 Å². The minimum Gasteiger partial charge on any atom is -0.326 e. The summed E-state index contributed by atoms with van der Waals surface area (Å²) >= 11 is 0. The molecule has 1 aliphatic heterocycles. The number of hydrogen-bond acceptors (Lipinski definition) is 3. The largest absolute Gasteiger partial charge is 0.326 e. The fourth-order valence-corrected chi connectivity index (χ4v) is 2.95. The first-order valence-electron chi connectivity index (χ1n) is 8.58. The van der Waals surface area contributed by atoms with Crippen LogP contribution in [0.1, 0.15) is 25.3 Å². The topological polar surface area (TPSA) is 78.5 Å². The molecule has 26 heavy (non-hydrogen) atoms. The molecule has 0 bridgehead atoms. The Balaban J connectivity index is 1.56. The van der Waals surface area contributed by atoms with Crippen molar-refractivity contribution < 1.29 is 14.4 Å². The Bertz CT molecular complexity index is 813. The molecule has 6 nitrogen and oxygen atoms in total. The Morgan fingerprint density at radius 2 is 1.58 bits per heavy atom. The van der Waals surface area contributed by atoms with Crippen molar-refractivity contribution in [1.82, 2.24) is 0 Å². The third-order valence-electron chi connectivity index (χ3n) is 4.18. The second kappa shape index (κ2) is 7.82. The summed E-state index contributed by atoms with van der Waals surface area (Å²) in [5.74, 6) is -0.110. The predicted molar refractivity (Wildman–Crippen MR) is 101 cm³/mol. The molecule has 0 spiro atoms. The predicted octanol–water partition coefficient (Wildman–Crippen LogP) is 2.95. The standard InChI is InChI=1S/C20H21N3O3/c1-14(24)21-16-6-4-15(5-7-16)13-19(25)22-17-8-10-18(11-9-17)23-12-2-3-20(23)26/h4-11H,2-3,12-13H2,1H3,(H,21,24)(H,22,25). The van der Waals surface area contributed by atoms with E-state index in [0.717, 1.165) is 24.2 Å². The van der Waals surface area contributed by atoms with E-state index in [0.29, 0.717) is 17.8 Å². The quantitative estimate of drug-likeness (QED) is 0.869. The van der Waals surface area contributed by atoms with E-state index in [4.69, 9.17) is 0 Å². The van der Waals surface area contributed by atoms with Crippen LogP contribution < -0.4 is 15.5 Å². The Labute approximate surface area is 152 Å². The number of carbonyl (C=O) groups excluding carboxylic acids is 3. The van der Waals surface area contributed by atoms with E-state index in [2.05, 4.69) is 10.6 Å². The van der Waals surface area contributed by atoms with Crippen LogP contribution in [0.5, 0.6) is 0 Å². The highest BCUT2D eigenvalue weighted by Crippen LogP contribution is 2.23. The number of anilines is 3. The van der Waals surface area contributed by atoms with Crippen molar-refractivity contribution in [2.45, 2.75) is 26.2 Å². The van der Waals surface area contributed by atoms with Gasteiger partial charge in [-0.1, -0.05) is 12.1 Å². The first kappa shape index (κ1) is 17.7. The van der Waals surface area contributed by atoms with Gasteiger partial charge in [0.2, 0.25) is 17.7 Å². The Hall–Kier alpha value is -3.15. The van der Waals surface area contributed by atoms with Crippen molar-refractivity contribution in [2.75, 3.05) is 22.1 Å². The molecule has 6 heteroatoms. The maximum absolute atomic E-state index is 12.2. The maximum Gasteiger partial charge on any atom is 0.228 e. The van der Waals surface area contributed by atoms with Crippen LogP contribution in [0.3, 0.4) is 0 Å². The molecule has 2 N–H and O–H groups in total. The molecule has 3 amide bonds. The molecule has 2 aromatic rings. The van der Waals surface area contributed by atoms with Gasteiger partial charge in [-0.2, -0.15) is 0 Å². The minimum absolute atomic E-state index is 0.123. The summed E-state index contributed by atoms with van der Waals surface area (Å²) in [6.07, 6.45) is 1.73. The summed E-state index contributed by atoms with van der Waals surface area (Å²) in [5.41, 5.74) is 3.11. The number of amides is 3. The van der Waals surface area contributed by atoms with Crippen molar-refractivity contribution in [1.29, 1.82) is 0 Å². The summed E-state index contributed by atoms with van der Waals surface area (Å²) in [6, 6.07) is 14.5. The molecule has 0 aromatic heterocycles. The molecule has 2 aromatic carbocycles. The van der Waals surface area contributed by atoms with Crippen LogP contribution in [0, 0.1) is 0 Å². The lowest BCUT2D eigenvalue weighted by Gasteiger charge is -2.16. The summed E-state index contributed by atoms with van der Waals surface area (Å²) < 4.78 is 0. The molecule has 0 saturated carbocycles. The van der Waals surface area contributed by atoms with Crippen LogP contribution in [-0.2, 0) is 20.8 Å². The van der Waals surface area contributed by atoms with Gasteiger partial charge in [-0.3, -0.25) is 14.4 Å². The lowest BCUT2D eigenvalue weighted by atomic mass is 10.1. The monoisotopic (exact) mass is 351 g/mol. The number of hydrogen-bond donors (Lipinski definition) is 2. The Morgan fingerprint density at radius 1 is 0.962 bits per heavy atom. The molecule has 1 saturated heterocycles. The number of rotatable bonds is 5. The number of benzene rings is 2. The minimum atomic E-state index is -0.130. The van der Waals surface area contributed by atoms with E-state index in [1.54, 1.807) is 29.2 Å². The van der Waals surface area contributed by atoms with E-state index in [9.17, 15) is 14.4 Å². The summed E-state index contributed by atoms with van der Waals surface area (Å²) in [7, 11) is 0. The number of carbonyl (C=O) groups is 3. The summed E-state index contributed by atoms with van der Waals surface area (Å²) in [4.78, 5) is 36.7. The highest BCUT2D eigenvalue weighted by atomic mass is 16.2. The third-order valence-corrected chi connectivity index (χ3v) is 4.18. The van der Waals surface area contributed by atoms with Crippen LogP contribution >= 0.6 is 0 Å². The van der Waals surface area contributed by atoms with E-state index in [-0.39, 0.29) is 24.1 Å². The molecule has 3 rings (SSSR count). The van der Waals surface area contributed by atoms with Crippen LogP contribution in [0.15, 0.2) is 48.5 Å². The van der Waals surface area contributed by atoms with Gasteiger partial charge in [0.1, 0.15) is 0 Å². The molecular formula is C20H21N3O3. The zero-order valence-corrected chi connectivity index (χ0v) is 14.6. The lowest BCUT2D eigenvalue weighted by molar-refractivity contribution is -0.117. The average Bonchev–Trinajstić information content (AvgIpc) is 3.03. The molecule has 1 fully saturated rings. The van der Waals surface area contributed by atoms with Gasteiger partial charge in [0.05, 0.1) is 6.42 Å². The summed E-state index contributed by atoms with van der Waals surface area (Å²) in [6.45, 7) is 2.20. The Morgan fingerprint density at radius 3 is 2.15 bits per heavy atom. The molecule has 1 aliphatic rings. The van der Waals surface area contributed by atoms with E-state index < -0.39 is 0 Å². The van der Waals surface area contributed by atoms with Gasteiger partial charge in [-0.05, 0) is 48.4 Å². The lowest BCUT2D eigenvalue weighted by Crippen LogP contribution is -2.23. The molecule has 0 unspecified atom stereocenters. The second-order valence-electron chi connectivity index (χ2n) is 6.30. The van der Waals surface area contributed by atoms with Crippen molar-refractivity contribution in [3.63, 3.8) is 0 Å². The van der Waals surface area contributed by atoms with E-state index in [1.807, 2.05) is 24.3 Å². The van der Waals surface area contributed by atoms with Crippen molar-refractivity contribution in [3.8, 4) is 0 Å². The van der Waals surface area contributed by atoms with Gasteiger partial charge in [0, 0.05) is 37.0 Å². The molecule has 134 valence electrons. The van der Waals surface area contributed by atoms with Crippen LogP contribution in [-0.4, -0.2) is 24.3 Å². The molecular weight excluding hydrogens is 330 g/mol. The first-order chi connectivity index (χ1) is 12.5. The first-order valence-corrected chi connectivity index (χ1v) is 8.58. The third kappa shape index (κ3) is 4.47. The zero-order valence-electron chi connectivity index (χ0n) is 14.6. The van der Waals surface area contributed by atoms with Gasteiger partial charge < -0.3 is 15.5 Å². The maximum atomic E-state index is 12.2. The highest BCUT2D eigenvalue weighted by molar-refractivity contribution is 5.96. The van der Waals surface area contributed by atoms with Gasteiger partial charge in [-0.15, -0.1) is 0 Å². The molecule has 0 radical (unpaired) electrons. The average molecular weight is 351 g/mol. The zero-order chi connectivity index (χ0) is 18.5. The number of nitrogens with zero attached hydrogens (tertiary/aromatic N) is 1. The summed E-state index contributed by atoms with van der Waals surface area (Å²) in [5, 5.41) is 5.54. The smallest absolute Gasteiger partial charge is 0.228 e. The van der Waals surface area contributed by atoms with Crippen molar-refractivity contribution in [2.24, 2.45) is 0 Å². The van der Waals surface area contributed by atoms with Crippen LogP contribution in [0.4, 0.5) is 17.1 Å². The second-order valence-corrected chi connectivity index (χ2v) is 6.30. The SMILES string of the molecule is CC(=O)Nc1ccc(CC(=O)Nc2ccc(N3CCCC3=O)cc2)cc1. The van der Waals surface area contributed by atoms with Gasteiger partial charge in [0.25, 0.3) is 0 Å². The highest BCUT2D eigenvalue weighted by Gasteiger charge is 2.21. The fraction of sp³-hybridized carbons (Fsp3) is 0.250. The van der Waals surface area contributed by atoms with Crippen LogP contribution in [0.2, 0.25) is 0 Å². The normalized spacial score (nSPS) is 13.6. The number of nitrogens with one attached hydrogen (secondary N) is 2. The fourth-order valence-electron chi connectivity index (χ4n) is 2.95. The van der Waals surface area contributed by atoms with Crippen LogP contribution in [0.25, 0.3) is 0 Å². The Kier molecular flexibility index (Phi) is 5.31. The molecule has 0 aliphatic carbocycles.